The zero-order valence-electron chi connectivity index (χ0n) is 6.69. The molecule has 0 N–H and O–H groups in total. The summed E-state index contributed by atoms with van der Waals surface area (Å²) < 4.78 is 0. The van der Waals surface area contributed by atoms with E-state index < -0.39 is 0 Å². The Morgan fingerprint density at radius 2 is 2.11 bits per heavy atom. The topological polar surface area (TPSA) is 0 Å². The van der Waals surface area contributed by atoms with Crippen LogP contribution in [0.1, 0.15) is 46.0 Å². The zero-order chi connectivity index (χ0) is 6.69. The van der Waals surface area contributed by atoms with Crippen LogP contribution < -0.4 is 0 Å². The van der Waals surface area contributed by atoms with Gasteiger partial charge in [-0.3, -0.25) is 0 Å². The van der Waals surface area contributed by atoms with Gasteiger partial charge in [-0.1, -0.05) is 46.0 Å². The van der Waals surface area contributed by atoms with E-state index in [0.717, 1.165) is 11.8 Å². The Hall–Kier alpha value is 0. The minimum absolute atomic E-state index is 1.03. The van der Waals surface area contributed by atoms with Gasteiger partial charge in [0.25, 0.3) is 0 Å². The monoisotopic (exact) mass is 126 g/mol. The summed E-state index contributed by atoms with van der Waals surface area (Å²) in [7, 11) is 0. The summed E-state index contributed by atoms with van der Waals surface area (Å²) >= 11 is 0. The highest BCUT2D eigenvalue weighted by Gasteiger charge is 2.21. The second kappa shape index (κ2) is 3.24. The molecule has 0 amide bonds. The molecule has 0 nitrogen and oxygen atoms in total. The van der Waals surface area contributed by atoms with Crippen LogP contribution in [0.15, 0.2) is 0 Å². The van der Waals surface area contributed by atoms with Crippen LogP contribution in [0.3, 0.4) is 0 Å². The molecule has 0 spiro atoms. The van der Waals surface area contributed by atoms with Gasteiger partial charge < -0.3 is 0 Å². The average molecular weight is 126 g/mol. The molecule has 54 valence electrons. The minimum Gasteiger partial charge on any atom is -0.0654 e. The van der Waals surface area contributed by atoms with Crippen molar-refractivity contribution in [3.05, 3.63) is 0 Å². The molecular weight excluding hydrogens is 108 g/mol. The summed E-state index contributed by atoms with van der Waals surface area (Å²) in [5, 5.41) is 0. The van der Waals surface area contributed by atoms with Crippen LogP contribution >= 0.6 is 0 Å². The minimum atomic E-state index is 1.03. The van der Waals surface area contributed by atoms with Gasteiger partial charge in [0, 0.05) is 0 Å². The van der Waals surface area contributed by atoms with E-state index in [9.17, 15) is 0 Å². The van der Waals surface area contributed by atoms with Gasteiger partial charge in [0.2, 0.25) is 0 Å². The third-order valence-corrected chi connectivity index (χ3v) is 2.70. The maximum atomic E-state index is 2.41. The fourth-order valence-corrected chi connectivity index (χ4v) is 2.02. The van der Waals surface area contributed by atoms with E-state index in [0.29, 0.717) is 0 Å². The second-order valence-corrected chi connectivity index (χ2v) is 3.46. The van der Waals surface area contributed by atoms with E-state index in [1.54, 1.807) is 0 Å². The third-order valence-electron chi connectivity index (χ3n) is 2.70. The summed E-state index contributed by atoms with van der Waals surface area (Å²) in [5.74, 6) is 2.11. The highest BCUT2D eigenvalue weighted by Crippen LogP contribution is 2.33. The molecule has 2 atom stereocenters. The summed E-state index contributed by atoms with van der Waals surface area (Å²) in [6.07, 6.45) is 7.35. The van der Waals surface area contributed by atoms with Crippen molar-refractivity contribution in [2.24, 2.45) is 11.8 Å². The smallest absolute Gasteiger partial charge is 0.0389 e. The molecule has 1 unspecified atom stereocenters. The highest BCUT2D eigenvalue weighted by atomic mass is 14.3. The molecule has 1 rings (SSSR count). The number of hydrogen-bond acceptors (Lipinski definition) is 0. The Bertz CT molecular complexity index is 76.1. The first-order chi connectivity index (χ1) is 4.34. The van der Waals surface area contributed by atoms with Gasteiger partial charge in [-0.05, 0) is 11.8 Å². The first-order valence-corrected chi connectivity index (χ1v) is 4.34. The van der Waals surface area contributed by atoms with Crippen molar-refractivity contribution in [1.29, 1.82) is 0 Å². The van der Waals surface area contributed by atoms with Crippen LogP contribution in [0, 0.1) is 11.8 Å². The second-order valence-electron chi connectivity index (χ2n) is 3.46. The summed E-state index contributed by atoms with van der Waals surface area (Å²) in [6.45, 7) is 4.71. The van der Waals surface area contributed by atoms with Crippen LogP contribution in [0.5, 0.6) is 0 Å². The maximum Gasteiger partial charge on any atom is -0.0389 e. The lowest BCUT2D eigenvalue weighted by Crippen LogP contribution is -2.02. The molecule has 0 aromatic rings. The van der Waals surface area contributed by atoms with E-state index in [4.69, 9.17) is 0 Å². The molecular formula is C9H18. The van der Waals surface area contributed by atoms with Crippen molar-refractivity contribution in [3.8, 4) is 0 Å². The van der Waals surface area contributed by atoms with Gasteiger partial charge in [0.15, 0.2) is 0 Å². The van der Waals surface area contributed by atoms with Crippen molar-refractivity contribution < 1.29 is 0 Å². The molecule has 0 heteroatoms. The molecule has 1 aliphatic rings. The molecule has 1 aliphatic carbocycles. The van der Waals surface area contributed by atoms with Gasteiger partial charge in [-0.25, -0.2) is 0 Å². The standard InChI is InChI=1S/C9H18/c1-3-5-9-7-4-6-8(9)2/h8-9H,3-7H2,1-2H3/t8?,9-/m1/s1. The zero-order valence-corrected chi connectivity index (χ0v) is 6.69. The van der Waals surface area contributed by atoms with Crippen molar-refractivity contribution in [3.63, 3.8) is 0 Å². The molecule has 0 aromatic carbocycles. The normalized spacial score (nSPS) is 35.3. The summed E-state index contributed by atoms with van der Waals surface area (Å²) in [5.41, 5.74) is 0. The molecule has 0 saturated heterocycles. The van der Waals surface area contributed by atoms with E-state index in [1.807, 2.05) is 0 Å². The molecule has 0 bridgehead atoms. The van der Waals surface area contributed by atoms with Gasteiger partial charge in [0.05, 0.1) is 0 Å². The molecule has 9 heavy (non-hydrogen) atoms. The molecule has 0 aromatic heterocycles. The lowest BCUT2D eigenvalue weighted by molar-refractivity contribution is 0.388. The van der Waals surface area contributed by atoms with E-state index in [2.05, 4.69) is 13.8 Å². The number of hydrogen-bond donors (Lipinski definition) is 0. The number of rotatable bonds is 2. The van der Waals surface area contributed by atoms with Crippen LogP contribution in [-0.2, 0) is 0 Å². The Labute approximate surface area is 58.7 Å². The average Bonchev–Trinajstić information content (AvgIpc) is 2.18. The lowest BCUT2D eigenvalue weighted by atomic mass is 9.94. The predicted molar refractivity (Wildman–Crippen MR) is 41.4 cm³/mol. The predicted octanol–water partition coefficient (Wildman–Crippen LogP) is 3.22. The quantitative estimate of drug-likeness (QED) is 0.533. The molecule has 1 saturated carbocycles. The van der Waals surface area contributed by atoms with Gasteiger partial charge in [-0.15, -0.1) is 0 Å². The van der Waals surface area contributed by atoms with Gasteiger partial charge >= 0.3 is 0 Å². The van der Waals surface area contributed by atoms with Crippen LogP contribution in [0.2, 0.25) is 0 Å². The Balaban J connectivity index is 2.22. The summed E-state index contributed by atoms with van der Waals surface area (Å²) in [4.78, 5) is 0. The molecule has 0 radical (unpaired) electrons. The first-order valence-electron chi connectivity index (χ1n) is 4.34. The van der Waals surface area contributed by atoms with Crippen LogP contribution in [0.25, 0.3) is 0 Å². The van der Waals surface area contributed by atoms with Gasteiger partial charge in [0.1, 0.15) is 0 Å². The van der Waals surface area contributed by atoms with Crippen molar-refractivity contribution in [2.45, 2.75) is 46.0 Å². The maximum absolute atomic E-state index is 2.41. The molecule has 0 aliphatic heterocycles. The van der Waals surface area contributed by atoms with Crippen LogP contribution in [0.4, 0.5) is 0 Å². The Morgan fingerprint density at radius 3 is 2.56 bits per heavy atom. The van der Waals surface area contributed by atoms with Crippen molar-refractivity contribution in [2.75, 3.05) is 0 Å². The SMILES string of the molecule is CCC[C@@H]1CCCC1C. The Kier molecular flexibility index (Phi) is 2.56. The highest BCUT2D eigenvalue weighted by molar-refractivity contribution is 4.73. The lowest BCUT2D eigenvalue weighted by Gasteiger charge is -2.12. The fourth-order valence-electron chi connectivity index (χ4n) is 2.02. The van der Waals surface area contributed by atoms with Gasteiger partial charge in [-0.2, -0.15) is 0 Å². The van der Waals surface area contributed by atoms with E-state index in [1.165, 1.54) is 32.1 Å². The molecule has 1 fully saturated rings. The van der Waals surface area contributed by atoms with E-state index in [-0.39, 0.29) is 0 Å². The van der Waals surface area contributed by atoms with Crippen molar-refractivity contribution >= 4 is 0 Å². The largest absolute Gasteiger partial charge is 0.0654 e. The Morgan fingerprint density at radius 1 is 1.33 bits per heavy atom. The summed E-state index contributed by atoms with van der Waals surface area (Å²) in [6, 6.07) is 0. The molecule has 0 heterocycles. The van der Waals surface area contributed by atoms with Crippen molar-refractivity contribution in [1.82, 2.24) is 0 Å². The van der Waals surface area contributed by atoms with Crippen LogP contribution in [-0.4, -0.2) is 0 Å². The van der Waals surface area contributed by atoms with E-state index >= 15 is 0 Å². The third kappa shape index (κ3) is 1.70. The first kappa shape index (κ1) is 7.11. The fraction of sp³-hybridized carbons (Fsp3) is 1.00.